The first kappa shape index (κ1) is 29.8. The van der Waals surface area contributed by atoms with Gasteiger partial charge in [0.05, 0.1) is 34.9 Å². The zero-order valence-electron chi connectivity index (χ0n) is 24.0. The van der Waals surface area contributed by atoms with Crippen LogP contribution in [0.1, 0.15) is 74.8 Å². The van der Waals surface area contributed by atoms with Crippen molar-refractivity contribution in [3.05, 3.63) is 35.5 Å². The van der Waals surface area contributed by atoms with Crippen LogP contribution >= 0.6 is 0 Å². The number of aliphatic hydroxyl groups excluding tert-OH is 1. The summed E-state index contributed by atoms with van der Waals surface area (Å²) in [7, 11) is 0. The average Bonchev–Trinajstić information content (AvgIpc) is 3.71. The molecule has 5 rings (SSSR count). The number of amides is 1. The van der Waals surface area contributed by atoms with Crippen LogP contribution in [0.2, 0.25) is 0 Å². The van der Waals surface area contributed by atoms with E-state index in [9.17, 15) is 23.2 Å². The van der Waals surface area contributed by atoms with Crippen LogP contribution in [0.25, 0.3) is 0 Å². The van der Waals surface area contributed by atoms with E-state index in [0.717, 1.165) is 31.6 Å². The summed E-state index contributed by atoms with van der Waals surface area (Å²) in [5.41, 5.74) is 2.89. The number of hydrogen-bond acceptors (Lipinski definition) is 8. The molecule has 2 atom stereocenters. The van der Waals surface area contributed by atoms with E-state index < -0.39 is 22.0 Å². The van der Waals surface area contributed by atoms with Gasteiger partial charge in [0.15, 0.2) is 4.75 Å². The highest BCUT2D eigenvalue weighted by Gasteiger charge is 2.45. The van der Waals surface area contributed by atoms with Gasteiger partial charge in [-0.2, -0.15) is 4.98 Å². The Hall–Kier alpha value is -2.70. The fraction of sp³-hybridized carbons (Fsp3) is 0.621. The number of nitrogens with zero attached hydrogens (tertiary/aromatic N) is 4. The maximum absolute atomic E-state index is 13.7. The Bertz CT molecular complexity index is 1250. The van der Waals surface area contributed by atoms with Crippen LogP contribution < -0.4 is 19.8 Å². The van der Waals surface area contributed by atoms with E-state index in [1.807, 2.05) is 13.0 Å². The number of aliphatic hydroxyl groups is 1. The van der Waals surface area contributed by atoms with Crippen molar-refractivity contribution in [2.75, 3.05) is 52.6 Å². The van der Waals surface area contributed by atoms with Gasteiger partial charge in [0.2, 0.25) is 5.95 Å². The van der Waals surface area contributed by atoms with E-state index in [-0.39, 0.29) is 38.4 Å². The van der Waals surface area contributed by atoms with Crippen LogP contribution in [-0.2, 0) is 11.4 Å². The molecule has 1 spiro atoms. The van der Waals surface area contributed by atoms with E-state index >= 15 is 0 Å². The van der Waals surface area contributed by atoms with Crippen molar-refractivity contribution >= 4 is 40.4 Å². The molecule has 2 aromatic rings. The van der Waals surface area contributed by atoms with Gasteiger partial charge in [-0.3, -0.25) is 4.79 Å². The molecule has 3 heterocycles. The SMILES string of the molecule is CC[C@@](C)(CO)[S+]([O-])Nc1ccc(C(=O)Nc2cc(C)nc(N3CCC(F)(F)CC3)n2)c(N2CCC3(CC2)CC3)c1. The Morgan fingerprint density at radius 1 is 1.07 bits per heavy atom. The number of carbonyl (C=O) groups excluding carboxylic acids is 1. The molecule has 3 N–H and O–H groups in total. The first-order valence-corrected chi connectivity index (χ1v) is 15.6. The summed E-state index contributed by atoms with van der Waals surface area (Å²) in [5, 5.41) is 12.7. The van der Waals surface area contributed by atoms with Crippen molar-refractivity contribution in [2.45, 2.75) is 76.4 Å². The van der Waals surface area contributed by atoms with Gasteiger partial charge in [0, 0.05) is 50.8 Å². The lowest BCUT2D eigenvalue weighted by atomic mass is 9.93. The number of piperidine rings is 2. The molecule has 1 saturated carbocycles. The van der Waals surface area contributed by atoms with Crippen LogP contribution in [0.15, 0.2) is 24.3 Å². The highest BCUT2D eigenvalue weighted by molar-refractivity contribution is 7.94. The van der Waals surface area contributed by atoms with Crippen LogP contribution in [-0.4, -0.2) is 69.0 Å². The smallest absolute Gasteiger partial charge is 0.258 e. The van der Waals surface area contributed by atoms with Crippen LogP contribution in [0, 0.1) is 12.3 Å². The molecular formula is C29H40F2N6O3S. The quantitative estimate of drug-likeness (QED) is 0.354. The molecule has 224 valence electrons. The lowest BCUT2D eigenvalue weighted by molar-refractivity contribution is -0.0222. The van der Waals surface area contributed by atoms with Gasteiger partial charge in [0.25, 0.3) is 11.8 Å². The highest BCUT2D eigenvalue weighted by Crippen LogP contribution is 2.54. The number of halogens is 2. The van der Waals surface area contributed by atoms with E-state index in [0.29, 0.717) is 40.5 Å². The third kappa shape index (κ3) is 6.70. The molecule has 1 aromatic carbocycles. The molecule has 1 amide bonds. The Balaban J connectivity index is 1.38. The van der Waals surface area contributed by atoms with Gasteiger partial charge in [-0.25, -0.2) is 18.5 Å². The first-order chi connectivity index (χ1) is 19.4. The molecule has 2 aliphatic heterocycles. The molecule has 3 fully saturated rings. The minimum Gasteiger partial charge on any atom is -0.593 e. The second kappa shape index (κ2) is 11.5. The molecule has 2 saturated heterocycles. The zero-order chi connectivity index (χ0) is 29.4. The minimum absolute atomic E-state index is 0.146. The number of rotatable bonds is 9. The Labute approximate surface area is 243 Å². The number of nitrogens with one attached hydrogen (secondary N) is 2. The van der Waals surface area contributed by atoms with Gasteiger partial charge >= 0.3 is 0 Å². The summed E-state index contributed by atoms with van der Waals surface area (Å²) >= 11 is -1.54. The first-order valence-electron chi connectivity index (χ1n) is 14.4. The number of alkyl halides is 2. The van der Waals surface area contributed by atoms with Crippen LogP contribution in [0.3, 0.4) is 0 Å². The van der Waals surface area contributed by atoms with Crippen LogP contribution in [0.4, 0.5) is 31.9 Å². The van der Waals surface area contributed by atoms with Crippen molar-refractivity contribution in [3.63, 3.8) is 0 Å². The van der Waals surface area contributed by atoms with Gasteiger partial charge in [0.1, 0.15) is 5.82 Å². The minimum atomic E-state index is -2.68. The van der Waals surface area contributed by atoms with Crippen molar-refractivity contribution in [1.82, 2.24) is 9.97 Å². The molecule has 0 radical (unpaired) electrons. The second-order valence-electron chi connectivity index (χ2n) is 12.0. The Morgan fingerprint density at radius 3 is 2.34 bits per heavy atom. The lowest BCUT2D eigenvalue weighted by Gasteiger charge is -2.35. The molecule has 1 aromatic heterocycles. The average molecular weight is 591 g/mol. The normalized spacial score (nSPS) is 21.7. The Kier molecular flexibility index (Phi) is 8.37. The maximum Gasteiger partial charge on any atom is 0.258 e. The third-order valence-electron chi connectivity index (χ3n) is 8.97. The Morgan fingerprint density at radius 2 is 1.73 bits per heavy atom. The number of aryl methyl sites for hydroxylation is 1. The molecule has 1 unspecified atom stereocenters. The lowest BCUT2D eigenvalue weighted by Crippen LogP contribution is -2.42. The van der Waals surface area contributed by atoms with E-state index in [1.54, 1.807) is 36.9 Å². The molecule has 12 heteroatoms. The largest absolute Gasteiger partial charge is 0.593 e. The predicted molar refractivity (Wildman–Crippen MR) is 158 cm³/mol. The summed E-state index contributed by atoms with van der Waals surface area (Å²) in [6.07, 6.45) is 4.68. The van der Waals surface area contributed by atoms with Crippen molar-refractivity contribution < 1.29 is 23.2 Å². The maximum atomic E-state index is 13.7. The summed E-state index contributed by atoms with van der Waals surface area (Å²) in [5.74, 6) is -2.39. The standard InChI is InChI=1S/C29H40F2N6O3S/c1-4-27(3,19-38)41(40)35-21-5-6-22(23(18-21)36-13-9-28(7-8-28)10-14-36)25(39)33-24-17-20(2)32-26(34-24)37-15-11-29(30,31)12-16-37/h5-6,17-18,35,38H,4,7-16,19H2,1-3H3,(H,32,33,34,39)/t27-,41?/m0/s1. The molecule has 9 nitrogen and oxygen atoms in total. The van der Waals surface area contributed by atoms with Gasteiger partial charge in [-0.15, -0.1) is 0 Å². The molecule has 1 aliphatic carbocycles. The summed E-state index contributed by atoms with van der Waals surface area (Å²) in [6, 6.07) is 6.96. The van der Waals surface area contributed by atoms with Crippen LogP contribution in [0.5, 0.6) is 0 Å². The zero-order valence-corrected chi connectivity index (χ0v) is 24.8. The number of anilines is 4. The monoisotopic (exact) mass is 590 g/mol. The van der Waals surface area contributed by atoms with E-state index in [1.165, 1.54) is 12.8 Å². The van der Waals surface area contributed by atoms with Crippen molar-refractivity contribution in [2.24, 2.45) is 5.41 Å². The third-order valence-corrected chi connectivity index (χ3v) is 10.7. The number of benzene rings is 1. The highest BCUT2D eigenvalue weighted by atomic mass is 32.2. The summed E-state index contributed by atoms with van der Waals surface area (Å²) in [4.78, 5) is 26.5. The van der Waals surface area contributed by atoms with Gasteiger partial charge < -0.3 is 24.8 Å². The number of carbonyl (C=O) groups is 1. The second-order valence-corrected chi connectivity index (χ2v) is 13.8. The predicted octanol–water partition coefficient (Wildman–Crippen LogP) is 4.89. The fourth-order valence-electron chi connectivity index (χ4n) is 5.46. The topological polar surface area (TPSA) is 117 Å². The molecule has 41 heavy (non-hydrogen) atoms. The van der Waals surface area contributed by atoms with Crippen molar-refractivity contribution in [1.29, 1.82) is 0 Å². The van der Waals surface area contributed by atoms with E-state index in [2.05, 4.69) is 24.9 Å². The van der Waals surface area contributed by atoms with E-state index in [4.69, 9.17) is 0 Å². The summed E-state index contributed by atoms with van der Waals surface area (Å²) < 4.78 is 42.7. The summed E-state index contributed by atoms with van der Waals surface area (Å²) in [6.45, 7) is 7.16. The molecule has 3 aliphatic rings. The fourth-order valence-corrected chi connectivity index (χ4v) is 6.42. The molecular weight excluding hydrogens is 550 g/mol. The molecule has 0 bridgehead atoms. The number of hydrogen-bond donors (Lipinski definition) is 3. The number of aromatic nitrogens is 2. The van der Waals surface area contributed by atoms with Gasteiger partial charge in [-0.1, -0.05) is 6.92 Å². The van der Waals surface area contributed by atoms with Crippen molar-refractivity contribution in [3.8, 4) is 0 Å². The van der Waals surface area contributed by atoms with Gasteiger partial charge in [-0.05, 0) is 69.6 Å².